The fourth-order valence-corrected chi connectivity index (χ4v) is 4.16. The molecule has 4 aromatic rings. The molecule has 0 aliphatic heterocycles. The first-order valence-corrected chi connectivity index (χ1v) is 10.4. The van der Waals surface area contributed by atoms with Gasteiger partial charge in [0.25, 0.3) is 0 Å². The van der Waals surface area contributed by atoms with Crippen LogP contribution < -0.4 is 4.74 Å². The number of hydrogen-bond acceptors (Lipinski definition) is 7. The number of carboxylic acids is 1. The highest BCUT2D eigenvalue weighted by molar-refractivity contribution is 7.15. The third-order valence-electron chi connectivity index (χ3n) is 4.74. The summed E-state index contributed by atoms with van der Waals surface area (Å²) in [6, 6.07) is 17.6. The van der Waals surface area contributed by atoms with Gasteiger partial charge in [-0.1, -0.05) is 24.3 Å². The summed E-state index contributed by atoms with van der Waals surface area (Å²) in [5.74, 6) is -1.02. The number of thiazole rings is 1. The van der Waals surface area contributed by atoms with Gasteiger partial charge in [0.1, 0.15) is 29.0 Å². The van der Waals surface area contributed by atoms with Crippen molar-refractivity contribution in [3.8, 4) is 39.3 Å². The van der Waals surface area contributed by atoms with Crippen LogP contribution in [0.15, 0.2) is 60.8 Å². The molecule has 2 N–H and O–H groups in total. The summed E-state index contributed by atoms with van der Waals surface area (Å²) >= 11 is 1.51. The van der Waals surface area contributed by atoms with E-state index in [0.717, 1.165) is 26.7 Å². The minimum absolute atomic E-state index is 0.135. The summed E-state index contributed by atoms with van der Waals surface area (Å²) in [7, 11) is 0. The number of aromatic carboxylic acids is 1. The van der Waals surface area contributed by atoms with E-state index in [1.165, 1.54) is 29.7 Å². The number of aromatic hydroxyl groups is 1. The van der Waals surface area contributed by atoms with Crippen LogP contribution in [0, 0.1) is 18.3 Å². The smallest absolute Gasteiger partial charge is 0.339 e. The lowest BCUT2D eigenvalue weighted by atomic mass is 10.0. The number of pyridine rings is 1. The molecule has 0 saturated heterocycles. The average molecular weight is 443 g/mol. The Morgan fingerprint density at radius 1 is 1.12 bits per heavy atom. The number of rotatable bonds is 6. The topological polar surface area (TPSA) is 116 Å². The molecule has 0 fully saturated rings. The standard InChI is InChI=1S/C24H17N3O4S/c1-14-23(32-22(27-14)13-31-21-8-5-15(11-25)12-26-21)18-4-2-3-16(9-18)17-6-7-19(24(29)30)20(28)10-17/h2-10,12,28H,13H2,1H3,(H,29,30). The fraction of sp³-hybridized carbons (Fsp3) is 0.0833. The molecule has 0 aliphatic rings. The number of nitriles is 1. The van der Waals surface area contributed by atoms with Crippen LogP contribution in [0.2, 0.25) is 0 Å². The maximum absolute atomic E-state index is 11.1. The molecular formula is C24H17N3O4S. The zero-order chi connectivity index (χ0) is 22.7. The molecule has 0 saturated carbocycles. The highest BCUT2D eigenvalue weighted by Crippen LogP contribution is 2.34. The molecule has 158 valence electrons. The first-order valence-electron chi connectivity index (χ1n) is 9.57. The molecule has 0 radical (unpaired) electrons. The van der Waals surface area contributed by atoms with Crippen molar-refractivity contribution in [2.24, 2.45) is 0 Å². The molecule has 2 aromatic heterocycles. The van der Waals surface area contributed by atoms with Crippen LogP contribution in [0.1, 0.15) is 26.6 Å². The monoisotopic (exact) mass is 443 g/mol. The van der Waals surface area contributed by atoms with E-state index in [4.69, 9.17) is 15.1 Å². The number of benzene rings is 2. The minimum Gasteiger partial charge on any atom is -0.507 e. The number of aryl methyl sites for hydroxylation is 1. The Kier molecular flexibility index (Phi) is 5.83. The fourth-order valence-electron chi connectivity index (χ4n) is 3.18. The molecule has 4 rings (SSSR count). The molecule has 0 aliphatic carbocycles. The lowest BCUT2D eigenvalue weighted by Gasteiger charge is -2.07. The molecule has 0 unspecified atom stereocenters. The van der Waals surface area contributed by atoms with Crippen molar-refractivity contribution in [3.05, 3.63) is 82.6 Å². The second-order valence-electron chi connectivity index (χ2n) is 6.93. The van der Waals surface area contributed by atoms with E-state index in [-0.39, 0.29) is 17.9 Å². The number of carbonyl (C=O) groups is 1. The SMILES string of the molecule is Cc1nc(COc2ccc(C#N)cn2)sc1-c1cccc(-c2ccc(C(=O)O)c(O)c2)c1. The van der Waals surface area contributed by atoms with Gasteiger partial charge in [0.2, 0.25) is 5.88 Å². The molecule has 0 spiro atoms. The Labute approximate surface area is 187 Å². The third-order valence-corrected chi connectivity index (χ3v) is 5.92. The van der Waals surface area contributed by atoms with Gasteiger partial charge in [-0.25, -0.2) is 14.8 Å². The number of ether oxygens (including phenoxy) is 1. The molecular weight excluding hydrogens is 426 g/mol. The van der Waals surface area contributed by atoms with E-state index in [1.54, 1.807) is 18.2 Å². The number of carboxylic acid groups (broad SMARTS) is 1. The van der Waals surface area contributed by atoms with Gasteiger partial charge in [-0.15, -0.1) is 11.3 Å². The Balaban J connectivity index is 1.55. The number of hydrogen-bond donors (Lipinski definition) is 2. The largest absolute Gasteiger partial charge is 0.507 e. The Bertz CT molecular complexity index is 1340. The van der Waals surface area contributed by atoms with E-state index in [1.807, 2.05) is 37.3 Å². The summed E-state index contributed by atoms with van der Waals surface area (Å²) in [5, 5.41) is 28.7. The van der Waals surface area contributed by atoms with Crippen molar-refractivity contribution < 1.29 is 19.7 Å². The van der Waals surface area contributed by atoms with E-state index in [0.29, 0.717) is 17.0 Å². The molecule has 0 amide bonds. The van der Waals surface area contributed by atoms with Gasteiger partial charge in [-0.05, 0) is 47.9 Å². The molecule has 2 heterocycles. The van der Waals surface area contributed by atoms with Crippen molar-refractivity contribution in [3.63, 3.8) is 0 Å². The second kappa shape index (κ2) is 8.88. The van der Waals surface area contributed by atoms with Crippen LogP contribution in [0.5, 0.6) is 11.6 Å². The van der Waals surface area contributed by atoms with Crippen LogP contribution in [-0.4, -0.2) is 26.2 Å². The number of aromatic nitrogens is 2. The Morgan fingerprint density at radius 2 is 1.91 bits per heavy atom. The minimum atomic E-state index is -1.17. The lowest BCUT2D eigenvalue weighted by Crippen LogP contribution is -1.96. The summed E-state index contributed by atoms with van der Waals surface area (Å²) in [6.45, 7) is 2.18. The van der Waals surface area contributed by atoms with Gasteiger partial charge < -0.3 is 14.9 Å². The molecule has 2 aromatic carbocycles. The van der Waals surface area contributed by atoms with Gasteiger partial charge in [0, 0.05) is 12.3 Å². The molecule has 0 atom stereocenters. The van der Waals surface area contributed by atoms with Crippen LogP contribution in [0.3, 0.4) is 0 Å². The normalized spacial score (nSPS) is 10.5. The maximum atomic E-state index is 11.1. The van der Waals surface area contributed by atoms with Crippen LogP contribution in [-0.2, 0) is 6.61 Å². The highest BCUT2D eigenvalue weighted by atomic mass is 32.1. The Morgan fingerprint density at radius 3 is 2.59 bits per heavy atom. The van der Waals surface area contributed by atoms with Gasteiger partial charge >= 0.3 is 5.97 Å². The molecule has 0 bridgehead atoms. The van der Waals surface area contributed by atoms with Crippen molar-refractivity contribution in [2.75, 3.05) is 0 Å². The van der Waals surface area contributed by atoms with Crippen LogP contribution >= 0.6 is 11.3 Å². The van der Waals surface area contributed by atoms with Crippen LogP contribution in [0.25, 0.3) is 21.6 Å². The van der Waals surface area contributed by atoms with E-state index < -0.39 is 5.97 Å². The summed E-state index contributed by atoms with van der Waals surface area (Å²) in [4.78, 5) is 20.8. The van der Waals surface area contributed by atoms with Crippen molar-refractivity contribution in [1.82, 2.24) is 9.97 Å². The van der Waals surface area contributed by atoms with Gasteiger partial charge in [-0.3, -0.25) is 0 Å². The van der Waals surface area contributed by atoms with Crippen LogP contribution in [0.4, 0.5) is 0 Å². The van der Waals surface area contributed by atoms with Gasteiger partial charge in [0.05, 0.1) is 16.1 Å². The van der Waals surface area contributed by atoms with Gasteiger partial charge in [-0.2, -0.15) is 5.26 Å². The van der Waals surface area contributed by atoms with Crippen molar-refractivity contribution >= 4 is 17.3 Å². The third kappa shape index (κ3) is 4.43. The predicted molar refractivity (Wildman–Crippen MR) is 120 cm³/mol. The Hall–Kier alpha value is -4.22. The zero-order valence-electron chi connectivity index (χ0n) is 16.9. The molecule has 7 nitrogen and oxygen atoms in total. The zero-order valence-corrected chi connectivity index (χ0v) is 17.8. The summed E-state index contributed by atoms with van der Waals surface area (Å²) < 4.78 is 5.68. The second-order valence-corrected chi connectivity index (χ2v) is 8.01. The predicted octanol–water partition coefficient (Wildman–Crippen LogP) is 5.04. The lowest BCUT2D eigenvalue weighted by molar-refractivity contribution is 0.0693. The van der Waals surface area contributed by atoms with Crippen molar-refractivity contribution in [1.29, 1.82) is 5.26 Å². The molecule has 32 heavy (non-hydrogen) atoms. The number of phenols is 1. The van der Waals surface area contributed by atoms with Gasteiger partial charge in [0.15, 0.2) is 0 Å². The van der Waals surface area contributed by atoms with E-state index >= 15 is 0 Å². The molecule has 8 heteroatoms. The quantitative estimate of drug-likeness (QED) is 0.429. The van der Waals surface area contributed by atoms with Crippen molar-refractivity contribution in [2.45, 2.75) is 13.5 Å². The first-order chi connectivity index (χ1) is 15.4. The van der Waals surface area contributed by atoms with E-state index in [9.17, 15) is 9.90 Å². The maximum Gasteiger partial charge on any atom is 0.339 e. The summed E-state index contributed by atoms with van der Waals surface area (Å²) in [6.07, 6.45) is 1.46. The highest BCUT2D eigenvalue weighted by Gasteiger charge is 2.14. The summed E-state index contributed by atoms with van der Waals surface area (Å²) in [5.41, 5.74) is 3.72. The number of nitrogens with zero attached hydrogens (tertiary/aromatic N) is 3. The first kappa shape index (κ1) is 21.0. The average Bonchev–Trinajstić information content (AvgIpc) is 3.18. The van der Waals surface area contributed by atoms with E-state index in [2.05, 4.69) is 9.97 Å².